The molecule has 17 heavy (non-hydrogen) atoms. The molecule has 1 atom stereocenters. The number of hydrogen-bond acceptors (Lipinski definition) is 2. The highest BCUT2D eigenvalue weighted by Gasteiger charge is 2.36. The Morgan fingerprint density at radius 1 is 1.41 bits per heavy atom. The lowest BCUT2D eigenvalue weighted by Crippen LogP contribution is -2.64. The van der Waals surface area contributed by atoms with E-state index in [0.717, 1.165) is 5.69 Å². The van der Waals surface area contributed by atoms with Crippen molar-refractivity contribution in [3.63, 3.8) is 0 Å². The summed E-state index contributed by atoms with van der Waals surface area (Å²) in [5.74, 6) is 0.0671. The molecule has 1 fully saturated rings. The smallest absolute Gasteiger partial charge is 0.243 e. The molecule has 1 unspecified atom stereocenters. The molecule has 1 aromatic rings. The number of hydrogen-bond donors (Lipinski definition) is 1. The van der Waals surface area contributed by atoms with E-state index < -0.39 is 0 Å². The predicted octanol–water partition coefficient (Wildman–Crippen LogP) is 2.44. The fourth-order valence-electron chi connectivity index (χ4n) is 2.27. The number of halogens is 1. The lowest BCUT2D eigenvalue weighted by atomic mass is 9.98. The first-order valence-electron chi connectivity index (χ1n) is 5.74. The molecule has 0 aromatic heterocycles. The molecule has 0 bridgehead atoms. The molecular formula is C13H17ClN2O. The molecule has 1 N–H and O–H groups in total. The molecule has 0 spiro atoms. The van der Waals surface area contributed by atoms with E-state index in [1.807, 2.05) is 31.2 Å². The van der Waals surface area contributed by atoms with Gasteiger partial charge in [-0.15, -0.1) is 0 Å². The van der Waals surface area contributed by atoms with Crippen molar-refractivity contribution >= 4 is 23.2 Å². The zero-order valence-corrected chi connectivity index (χ0v) is 11.1. The highest BCUT2D eigenvalue weighted by molar-refractivity contribution is 6.33. The monoisotopic (exact) mass is 252 g/mol. The van der Waals surface area contributed by atoms with Crippen LogP contribution in [0.1, 0.15) is 20.8 Å². The van der Waals surface area contributed by atoms with Gasteiger partial charge in [-0.25, -0.2) is 0 Å². The van der Waals surface area contributed by atoms with Crippen LogP contribution in [-0.4, -0.2) is 24.0 Å². The second kappa shape index (κ2) is 4.31. The van der Waals surface area contributed by atoms with Gasteiger partial charge in [-0.2, -0.15) is 0 Å². The average Bonchev–Trinajstić information content (AvgIpc) is 2.24. The standard InChI is InChI=1S/C13H17ClN2O/c1-9-12(17)16(8-13(2,3)15-9)11-7-5-4-6-10(11)14/h4-7,9,15H,8H2,1-3H3. The van der Waals surface area contributed by atoms with Crippen LogP contribution in [0, 0.1) is 0 Å². The molecule has 3 nitrogen and oxygen atoms in total. The minimum Gasteiger partial charge on any atom is -0.308 e. The van der Waals surface area contributed by atoms with Crippen molar-refractivity contribution in [1.29, 1.82) is 0 Å². The van der Waals surface area contributed by atoms with E-state index in [2.05, 4.69) is 19.2 Å². The molecule has 4 heteroatoms. The molecule has 0 aliphatic carbocycles. The SMILES string of the molecule is CC1NC(C)(C)CN(c2ccccc2Cl)C1=O. The van der Waals surface area contributed by atoms with Crippen molar-refractivity contribution in [2.75, 3.05) is 11.4 Å². The van der Waals surface area contributed by atoms with Crippen LogP contribution in [0.3, 0.4) is 0 Å². The maximum atomic E-state index is 12.2. The van der Waals surface area contributed by atoms with Gasteiger partial charge in [0.2, 0.25) is 5.91 Å². The largest absolute Gasteiger partial charge is 0.308 e. The maximum absolute atomic E-state index is 12.2. The number of piperazine rings is 1. The number of anilines is 1. The number of para-hydroxylation sites is 1. The third kappa shape index (κ3) is 2.45. The molecule has 1 saturated heterocycles. The highest BCUT2D eigenvalue weighted by atomic mass is 35.5. The quantitative estimate of drug-likeness (QED) is 0.833. The Kier molecular flexibility index (Phi) is 3.15. The number of carbonyl (C=O) groups excluding carboxylic acids is 1. The summed E-state index contributed by atoms with van der Waals surface area (Å²) in [4.78, 5) is 13.9. The van der Waals surface area contributed by atoms with Gasteiger partial charge in [0.15, 0.2) is 0 Å². The number of carbonyl (C=O) groups is 1. The number of amides is 1. The van der Waals surface area contributed by atoms with Gasteiger partial charge in [0.1, 0.15) is 0 Å². The average molecular weight is 253 g/mol. The van der Waals surface area contributed by atoms with Crippen molar-refractivity contribution in [1.82, 2.24) is 5.32 Å². The third-order valence-corrected chi connectivity index (χ3v) is 3.26. The summed E-state index contributed by atoms with van der Waals surface area (Å²) in [7, 11) is 0. The van der Waals surface area contributed by atoms with E-state index in [0.29, 0.717) is 11.6 Å². The van der Waals surface area contributed by atoms with Gasteiger partial charge in [-0.1, -0.05) is 23.7 Å². The molecule has 92 valence electrons. The maximum Gasteiger partial charge on any atom is 0.243 e. The normalized spacial score (nSPS) is 23.9. The Hall–Kier alpha value is -1.06. The summed E-state index contributed by atoms with van der Waals surface area (Å²) in [5.41, 5.74) is 0.688. The summed E-state index contributed by atoms with van der Waals surface area (Å²) < 4.78 is 0. The second-order valence-electron chi connectivity index (χ2n) is 5.13. The van der Waals surface area contributed by atoms with E-state index >= 15 is 0 Å². The van der Waals surface area contributed by atoms with Gasteiger partial charge < -0.3 is 4.90 Å². The molecule has 1 aliphatic heterocycles. The van der Waals surface area contributed by atoms with Crippen LogP contribution in [0.5, 0.6) is 0 Å². The summed E-state index contributed by atoms with van der Waals surface area (Å²) in [5, 5.41) is 3.91. The number of benzene rings is 1. The van der Waals surface area contributed by atoms with Gasteiger partial charge in [0.25, 0.3) is 0 Å². The predicted molar refractivity (Wildman–Crippen MR) is 70.5 cm³/mol. The molecule has 0 saturated carbocycles. The summed E-state index contributed by atoms with van der Waals surface area (Å²) in [6.07, 6.45) is 0. The van der Waals surface area contributed by atoms with Crippen molar-refractivity contribution in [2.24, 2.45) is 0 Å². The molecule has 1 heterocycles. The van der Waals surface area contributed by atoms with Crippen LogP contribution in [0.15, 0.2) is 24.3 Å². The lowest BCUT2D eigenvalue weighted by molar-refractivity contribution is -0.122. The van der Waals surface area contributed by atoms with Crippen LogP contribution in [0.25, 0.3) is 0 Å². The van der Waals surface area contributed by atoms with Gasteiger partial charge >= 0.3 is 0 Å². The van der Waals surface area contributed by atoms with E-state index in [1.165, 1.54) is 0 Å². The Labute approximate surface area is 107 Å². The van der Waals surface area contributed by atoms with Crippen LogP contribution in [0.4, 0.5) is 5.69 Å². The van der Waals surface area contributed by atoms with Crippen molar-refractivity contribution in [3.05, 3.63) is 29.3 Å². The molecule has 2 rings (SSSR count). The highest BCUT2D eigenvalue weighted by Crippen LogP contribution is 2.29. The summed E-state index contributed by atoms with van der Waals surface area (Å²) >= 11 is 6.15. The number of nitrogens with zero attached hydrogens (tertiary/aromatic N) is 1. The van der Waals surface area contributed by atoms with Crippen molar-refractivity contribution in [3.8, 4) is 0 Å². The van der Waals surface area contributed by atoms with E-state index in [9.17, 15) is 4.79 Å². The first-order chi connectivity index (χ1) is 7.91. The first-order valence-corrected chi connectivity index (χ1v) is 6.12. The van der Waals surface area contributed by atoms with Crippen molar-refractivity contribution < 1.29 is 4.79 Å². The van der Waals surface area contributed by atoms with E-state index in [1.54, 1.807) is 4.90 Å². The Balaban J connectivity index is 2.37. The van der Waals surface area contributed by atoms with Crippen LogP contribution in [0.2, 0.25) is 5.02 Å². The van der Waals surface area contributed by atoms with Crippen LogP contribution in [-0.2, 0) is 4.79 Å². The molecule has 1 amide bonds. The minimum absolute atomic E-state index is 0.0671. The molecule has 1 aromatic carbocycles. The Morgan fingerprint density at radius 3 is 2.71 bits per heavy atom. The number of rotatable bonds is 1. The second-order valence-corrected chi connectivity index (χ2v) is 5.53. The van der Waals surface area contributed by atoms with E-state index in [4.69, 9.17) is 11.6 Å². The lowest BCUT2D eigenvalue weighted by Gasteiger charge is -2.42. The Morgan fingerprint density at radius 2 is 2.06 bits per heavy atom. The zero-order chi connectivity index (χ0) is 12.6. The molecule has 1 aliphatic rings. The first kappa shape index (κ1) is 12.4. The van der Waals surface area contributed by atoms with Crippen LogP contribution >= 0.6 is 11.6 Å². The van der Waals surface area contributed by atoms with Gasteiger partial charge in [-0.05, 0) is 32.9 Å². The van der Waals surface area contributed by atoms with Gasteiger partial charge in [-0.3, -0.25) is 10.1 Å². The zero-order valence-electron chi connectivity index (χ0n) is 10.3. The fraction of sp³-hybridized carbons (Fsp3) is 0.462. The van der Waals surface area contributed by atoms with E-state index in [-0.39, 0.29) is 17.5 Å². The Bertz CT molecular complexity index is 445. The molecule has 0 radical (unpaired) electrons. The topological polar surface area (TPSA) is 32.3 Å². The summed E-state index contributed by atoms with van der Waals surface area (Å²) in [6.45, 7) is 6.67. The minimum atomic E-state index is -0.185. The fourth-order valence-corrected chi connectivity index (χ4v) is 2.51. The van der Waals surface area contributed by atoms with Crippen LogP contribution < -0.4 is 10.2 Å². The number of nitrogens with one attached hydrogen (secondary N) is 1. The van der Waals surface area contributed by atoms with Gasteiger partial charge in [0.05, 0.1) is 16.8 Å². The van der Waals surface area contributed by atoms with Gasteiger partial charge in [0, 0.05) is 12.1 Å². The van der Waals surface area contributed by atoms with Crippen molar-refractivity contribution in [2.45, 2.75) is 32.4 Å². The third-order valence-electron chi connectivity index (χ3n) is 2.94. The molecular weight excluding hydrogens is 236 g/mol. The summed E-state index contributed by atoms with van der Waals surface area (Å²) in [6, 6.07) is 7.27.